The van der Waals surface area contributed by atoms with Gasteiger partial charge in [0, 0.05) is 37.5 Å². The highest BCUT2D eigenvalue weighted by Gasteiger charge is 2.27. The van der Waals surface area contributed by atoms with Gasteiger partial charge in [0.1, 0.15) is 10.8 Å². The minimum atomic E-state index is -0.444. The van der Waals surface area contributed by atoms with Crippen LogP contribution in [0.15, 0.2) is 29.6 Å². The topological polar surface area (TPSA) is 36.4 Å². The molecule has 6 heteroatoms. The van der Waals surface area contributed by atoms with E-state index in [-0.39, 0.29) is 11.5 Å². The van der Waals surface area contributed by atoms with E-state index in [0.29, 0.717) is 19.0 Å². The van der Waals surface area contributed by atoms with Crippen molar-refractivity contribution in [2.24, 2.45) is 0 Å². The van der Waals surface area contributed by atoms with Crippen molar-refractivity contribution in [1.82, 2.24) is 14.8 Å². The van der Waals surface area contributed by atoms with E-state index < -0.39 is 5.82 Å². The third-order valence-electron chi connectivity index (χ3n) is 4.69. The van der Waals surface area contributed by atoms with Crippen molar-refractivity contribution in [1.29, 1.82) is 0 Å². The first kappa shape index (κ1) is 15.7. The Morgan fingerprint density at radius 3 is 2.67 bits per heavy atom. The zero-order valence-corrected chi connectivity index (χ0v) is 14.3. The third-order valence-corrected chi connectivity index (χ3v) is 5.54. The van der Waals surface area contributed by atoms with Gasteiger partial charge in [-0.3, -0.25) is 9.69 Å². The van der Waals surface area contributed by atoms with Gasteiger partial charge in [-0.15, -0.1) is 11.3 Å². The van der Waals surface area contributed by atoms with Gasteiger partial charge >= 0.3 is 0 Å². The average Bonchev–Trinajstić information content (AvgIpc) is 3.35. The number of nitrogens with zero attached hydrogens (tertiary/aromatic N) is 3. The second kappa shape index (κ2) is 6.61. The van der Waals surface area contributed by atoms with E-state index in [1.165, 1.54) is 24.6 Å². The first-order chi connectivity index (χ1) is 11.7. The Bertz CT molecular complexity index is 735. The second-order valence-corrected chi connectivity index (χ2v) is 7.43. The molecule has 4 nitrogen and oxygen atoms in total. The summed E-state index contributed by atoms with van der Waals surface area (Å²) in [4.78, 5) is 21.2. The zero-order chi connectivity index (χ0) is 16.5. The quantitative estimate of drug-likeness (QED) is 0.854. The molecule has 1 amide bonds. The number of benzene rings is 1. The molecule has 0 radical (unpaired) electrons. The van der Waals surface area contributed by atoms with E-state index in [1.807, 2.05) is 0 Å². The first-order valence-electron chi connectivity index (χ1n) is 8.41. The number of aromatic nitrogens is 1. The number of carbonyl (C=O) groups is 1. The number of carbonyl (C=O) groups excluding carboxylic acids is 1. The van der Waals surface area contributed by atoms with E-state index in [0.717, 1.165) is 24.6 Å². The van der Waals surface area contributed by atoms with Gasteiger partial charge in [-0.25, -0.2) is 9.37 Å². The Hall–Kier alpha value is -1.79. The van der Waals surface area contributed by atoms with Crippen molar-refractivity contribution >= 4 is 17.2 Å². The second-order valence-electron chi connectivity index (χ2n) is 6.49. The smallest absolute Gasteiger partial charge is 0.256 e. The zero-order valence-electron chi connectivity index (χ0n) is 13.4. The van der Waals surface area contributed by atoms with Crippen LogP contribution in [0.3, 0.4) is 0 Å². The summed E-state index contributed by atoms with van der Waals surface area (Å²) < 4.78 is 13.8. The first-order valence-corrected chi connectivity index (χ1v) is 9.29. The highest BCUT2D eigenvalue weighted by molar-refractivity contribution is 7.09. The van der Waals surface area contributed by atoms with Crippen molar-refractivity contribution in [3.8, 4) is 0 Å². The van der Waals surface area contributed by atoms with E-state index >= 15 is 0 Å². The molecule has 0 bridgehead atoms. The Labute approximate surface area is 144 Å². The summed E-state index contributed by atoms with van der Waals surface area (Å²) in [5, 5.41) is 3.34. The number of halogens is 1. The molecule has 126 valence electrons. The molecular formula is C18H20FN3OS. The fourth-order valence-corrected chi connectivity index (χ4v) is 3.99. The van der Waals surface area contributed by atoms with Gasteiger partial charge in [-0.1, -0.05) is 12.1 Å². The van der Waals surface area contributed by atoms with Crippen LogP contribution >= 0.6 is 11.3 Å². The van der Waals surface area contributed by atoms with Crippen LogP contribution in [0.5, 0.6) is 0 Å². The summed E-state index contributed by atoms with van der Waals surface area (Å²) in [6.45, 7) is 3.72. The lowest BCUT2D eigenvalue weighted by atomic mass is 10.1. The molecule has 0 unspecified atom stereocenters. The number of amides is 1. The van der Waals surface area contributed by atoms with Crippen LogP contribution in [0.25, 0.3) is 0 Å². The Balaban J connectivity index is 1.32. The van der Waals surface area contributed by atoms with E-state index in [9.17, 15) is 9.18 Å². The largest absolute Gasteiger partial charge is 0.336 e. The van der Waals surface area contributed by atoms with Gasteiger partial charge < -0.3 is 4.90 Å². The van der Waals surface area contributed by atoms with Crippen molar-refractivity contribution in [3.63, 3.8) is 0 Å². The van der Waals surface area contributed by atoms with Crippen molar-refractivity contribution in [3.05, 3.63) is 51.7 Å². The summed E-state index contributed by atoms with van der Waals surface area (Å²) in [6, 6.07) is 6.20. The van der Waals surface area contributed by atoms with Crippen LogP contribution in [0, 0.1) is 5.82 Å². The van der Waals surface area contributed by atoms with Crippen LogP contribution in [0.1, 0.15) is 39.8 Å². The predicted molar refractivity (Wildman–Crippen MR) is 91.7 cm³/mol. The predicted octanol–water partition coefficient (Wildman–Crippen LogP) is 3.12. The molecule has 24 heavy (non-hydrogen) atoms. The van der Waals surface area contributed by atoms with Crippen molar-refractivity contribution in [2.45, 2.75) is 25.3 Å². The van der Waals surface area contributed by atoms with Crippen molar-refractivity contribution < 1.29 is 9.18 Å². The lowest BCUT2D eigenvalue weighted by Crippen LogP contribution is -2.48. The van der Waals surface area contributed by atoms with Gasteiger partial charge in [0.15, 0.2) is 0 Å². The van der Waals surface area contributed by atoms with Gasteiger partial charge in [0.25, 0.3) is 5.91 Å². The third kappa shape index (κ3) is 3.35. The lowest BCUT2D eigenvalue weighted by molar-refractivity contribution is 0.0624. The van der Waals surface area contributed by atoms with Crippen molar-refractivity contribution in [2.75, 3.05) is 26.2 Å². The van der Waals surface area contributed by atoms with Crippen LogP contribution in [-0.2, 0) is 6.54 Å². The molecule has 2 heterocycles. The monoisotopic (exact) mass is 345 g/mol. The van der Waals surface area contributed by atoms with Crippen LogP contribution in [-0.4, -0.2) is 46.9 Å². The Morgan fingerprint density at radius 1 is 1.21 bits per heavy atom. The maximum Gasteiger partial charge on any atom is 0.256 e. The summed E-state index contributed by atoms with van der Waals surface area (Å²) in [5.74, 6) is 0.0450. The average molecular weight is 345 g/mol. The number of hydrogen-bond donors (Lipinski definition) is 0. The molecule has 1 aliphatic heterocycles. The Morgan fingerprint density at radius 2 is 1.96 bits per heavy atom. The molecule has 1 saturated heterocycles. The summed E-state index contributed by atoms with van der Waals surface area (Å²) in [5.41, 5.74) is 1.42. The van der Waals surface area contributed by atoms with E-state index in [4.69, 9.17) is 4.98 Å². The summed E-state index contributed by atoms with van der Waals surface area (Å²) >= 11 is 1.73. The number of piperazine rings is 1. The molecular weight excluding hydrogens is 325 g/mol. The summed E-state index contributed by atoms with van der Waals surface area (Å²) in [7, 11) is 0. The van der Waals surface area contributed by atoms with Crippen LogP contribution in [0.4, 0.5) is 4.39 Å². The molecule has 2 aliphatic rings. The maximum absolute atomic E-state index is 13.8. The number of thiazole rings is 1. The standard InChI is InChI=1S/C18H20FN3OS/c19-15-4-2-1-3-14(15)18(23)22-9-7-21(8-10-22)11-17-20-16(12-24-17)13-5-6-13/h1-4,12-13H,5-11H2. The molecule has 1 aliphatic carbocycles. The summed E-state index contributed by atoms with van der Waals surface area (Å²) in [6.07, 6.45) is 2.56. The van der Waals surface area contributed by atoms with Gasteiger partial charge in [-0.2, -0.15) is 0 Å². The molecule has 2 fully saturated rings. The van der Waals surface area contributed by atoms with E-state index in [1.54, 1.807) is 34.4 Å². The molecule has 1 aromatic heterocycles. The van der Waals surface area contributed by atoms with Gasteiger partial charge in [0.2, 0.25) is 0 Å². The Kier molecular flexibility index (Phi) is 4.33. The molecule has 2 aromatic rings. The lowest BCUT2D eigenvalue weighted by Gasteiger charge is -2.34. The fourth-order valence-electron chi connectivity index (χ4n) is 3.07. The normalized spacial score (nSPS) is 18.8. The fraction of sp³-hybridized carbons (Fsp3) is 0.444. The molecule has 1 aromatic carbocycles. The molecule has 0 atom stereocenters. The highest BCUT2D eigenvalue weighted by Crippen LogP contribution is 2.40. The van der Waals surface area contributed by atoms with Crippen LogP contribution in [0.2, 0.25) is 0 Å². The highest BCUT2D eigenvalue weighted by atomic mass is 32.1. The number of hydrogen-bond acceptors (Lipinski definition) is 4. The van der Waals surface area contributed by atoms with Crippen LogP contribution < -0.4 is 0 Å². The molecule has 0 spiro atoms. The van der Waals surface area contributed by atoms with Gasteiger partial charge in [0.05, 0.1) is 17.8 Å². The molecule has 1 saturated carbocycles. The minimum absolute atomic E-state index is 0.167. The van der Waals surface area contributed by atoms with Gasteiger partial charge in [-0.05, 0) is 25.0 Å². The molecule has 0 N–H and O–H groups in total. The maximum atomic E-state index is 13.8. The van der Waals surface area contributed by atoms with E-state index in [2.05, 4.69) is 10.3 Å². The molecule has 4 rings (SSSR count). The number of rotatable bonds is 4. The minimum Gasteiger partial charge on any atom is -0.336 e. The SMILES string of the molecule is O=C(c1ccccc1F)N1CCN(Cc2nc(C3CC3)cs2)CC1.